The van der Waals surface area contributed by atoms with Gasteiger partial charge in [0.05, 0.1) is 17.7 Å². The van der Waals surface area contributed by atoms with Crippen LogP contribution in [0.3, 0.4) is 0 Å². The minimum Gasteiger partial charge on any atom is -0.495 e. The number of hydrogen-bond acceptors (Lipinski definition) is 7. The number of aromatic nitrogens is 3. The standard InChI is InChI=1S/C29H24N4O4S/c1-36-27-14-8-6-12-25(27)32-28(19-37-26-13-7-5-11-24(26)22-9-3-2-4-10-22)30-31-29(32)38-20-21-15-17-23(18-16-21)33(34)35/h2-18H,19-20H2,1H3. The fraction of sp³-hybridized carbons (Fsp3) is 0.103. The zero-order chi connectivity index (χ0) is 26.3. The highest BCUT2D eigenvalue weighted by molar-refractivity contribution is 7.98. The number of hydrogen-bond donors (Lipinski definition) is 0. The zero-order valence-electron chi connectivity index (χ0n) is 20.6. The fourth-order valence-electron chi connectivity index (χ4n) is 4.00. The SMILES string of the molecule is COc1ccccc1-n1c(COc2ccccc2-c2ccccc2)nnc1SCc1ccc([N+](=O)[O-])cc1. The van der Waals surface area contributed by atoms with E-state index in [1.165, 1.54) is 23.9 Å². The largest absolute Gasteiger partial charge is 0.495 e. The van der Waals surface area contributed by atoms with E-state index < -0.39 is 4.92 Å². The molecule has 0 atom stereocenters. The van der Waals surface area contributed by atoms with E-state index in [0.29, 0.717) is 22.5 Å². The van der Waals surface area contributed by atoms with Gasteiger partial charge >= 0.3 is 0 Å². The van der Waals surface area contributed by atoms with E-state index in [-0.39, 0.29) is 12.3 Å². The smallest absolute Gasteiger partial charge is 0.269 e. The summed E-state index contributed by atoms with van der Waals surface area (Å²) in [6, 6.07) is 32.1. The van der Waals surface area contributed by atoms with Crippen molar-refractivity contribution in [1.82, 2.24) is 14.8 Å². The van der Waals surface area contributed by atoms with Crippen molar-refractivity contribution in [2.45, 2.75) is 17.5 Å². The van der Waals surface area contributed by atoms with Crippen LogP contribution in [0.15, 0.2) is 108 Å². The molecule has 0 unspecified atom stereocenters. The average molecular weight is 525 g/mol. The predicted octanol–water partition coefficient (Wildman–Crippen LogP) is 6.72. The molecule has 0 N–H and O–H groups in total. The highest BCUT2D eigenvalue weighted by atomic mass is 32.2. The third-order valence-corrected chi connectivity index (χ3v) is 6.87. The van der Waals surface area contributed by atoms with Crippen molar-refractivity contribution >= 4 is 17.4 Å². The molecule has 0 aliphatic carbocycles. The first-order chi connectivity index (χ1) is 18.6. The molecule has 0 radical (unpaired) electrons. The van der Waals surface area contributed by atoms with E-state index in [9.17, 15) is 10.1 Å². The molecule has 1 aromatic heterocycles. The minimum atomic E-state index is -0.405. The average Bonchev–Trinajstić information content (AvgIpc) is 3.38. The predicted molar refractivity (Wildman–Crippen MR) is 147 cm³/mol. The van der Waals surface area contributed by atoms with Gasteiger partial charge in [0.15, 0.2) is 11.0 Å². The number of nitro benzene ring substituents is 1. The lowest BCUT2D eigenvalue weighted by molar-refractivity contribution is -0.384. The summed E-state index contributed by atoms with van der Waals surface area (Å²) >= 11 is 1.48. The lowest BCUT2D eigenvalue weighted by Crippen LogP contribution is -2.08. The quantitative estimate of drug-likeness (QED) is 0.114. The van der Waals surface area contributed by atoms with Gasteiger partial charge in [-0.1, -0.05) is 84.6 Å². The summed E-state index contributed by atoms with van der Waals surface area (Å²) < 4.78 is 13.8. The van der Waals surface area contributed by atoms with Gasteiger partial charge in [-0.05, 0) is 29.3 Å². The number of para-hydroxylation sites is 3. The van der Waals surface area contributed by atoms with Crippen LogP contribution in [0.25, 0.3) is 16.8 Å². The Morgan fingerprint density at radius 1 is 0.842 bits per heavy atom. The van der Waals surface area contributed by atoms with E-state index >= 15 is 0 Å². The van der Waals surface area contributed by atoms with Crippen LogP contribution in [0.2, 0.25) is 0 Å². The topological polar surface area (TPSA) is 92.3 Å². The first kappa shape index (κ1) is 25.0. The number of ether oxygens (including phenoxy) is 2. The first-order valence-electron chi connectivity index (χ1n) is 11.8. The molecule has 0 aliphatic heterocycles. The Morgan fingerprint density at radius 3 is 2.26 bits per heavy atom. The molecule has 1 heterocycles. The highest BCUT2D eigenvalue weighted by Gasteiger charge is 2.19. The van der Waals surface area contributed by atoms with Crippen molar-refractivity contribution in [2.75, 3.05) is 7.11 Å². The van der Waals surface area contributed by atoms with Crippen LogP contribution >= 0.6 is 11.8 Å². The van der Waals surface area contributed by atoms with Gasteiger partial charge in [0.25, 0.3) is 5.69 Å². The fourth-order valence-corrected chi connectivity index (χ4v) is 4.92. The van der Waals surface area contributed by atoms with Crippen LogP contribution in [0.4, 0.5) is 5.69 Å². The summed E-state index contributed by atoms with van der Waals surface area (Å²) in [5, 5.41) is 20.5. The van der Waals surface area contributed by atoms with Crippen molar-refractivity contribution < 1.29 is 14.4 Å². The van der Waals surface area contributed by atoms with Gasteiger partial charge in [0.2, 0.25) is 0 Å². The van der Waals surface area contributed by atoms with Gasteiger partial charge in [-0.15, -0.1) is 10.2 Å². The number of benzene rings is 4. The summed E-state index contributed by atoms with van der Waals surface area (Å²) in [5.41, 5.74) is 3.84. The third kappa shape index (κ3) is 5.52. The van der Waals surface area contributed by atoms with Gasteiger partial charge < -0.3 is 9.47 Å². The second-order valence-electron chi connectivity index (χ2n) is 8.27. The van der Waals surface area contributed by atoms with Gasteiger partial charge in [-0.25, -0.2) is 0 Å². The van der Waals surface area contributed by atoms with Gasteiger partial charge in [-0.2, -0.15) is 0 Å². The molecule has 190 valence electrons. The summed E-state index contributed by atoms with van der Waals surface area (Å²) in [5.74, 6) is 2.59. The summed E-state index contributed by atoms with van der Waals surface area (Å²) in [4.78, 5) is 10.6. The van der Waals surface area contributed by atoms with Crippen LogP contribution in [-0.2, 0) is 12.4 Å². The van der Waals surface area contributed by atoms with E-state index in [0.717, 1.165) is 28.1 Å². The molecule has 5 aromatic rings. The van der Waals surface area contributed by atoms with Gasteiger partial charge in [0, 0.05) is 23.4 Å². The molecule has 5 rings (SSSR count). The van der Waals surface area contributed by atoms with Crippen molar-refractivity contribution in [2.24, 2.45) is 0 Å². The molecular weight excluding hydrogens is 500 g/mol. The lowest BCUT2D eigenvalue weighted by atomic mass is 10.1. The maximum atomic E-state index is 11.0. The van der Waals surface area contributed by atoms with Crippen LogP contribution in [0.1, 0.15) is 11.4 Å². The van der Waals surface area contributed by atoms with Gasteiger partial charge in [0.1, 0.15) is 18.1 Å². The molecule has 0 saturated heterocycles. The van der Waals surface area contributed by atoms with Crippen LogP contribution in [0, 0.1) is 10.1 Å². The second kappa shape index (κ2) is 11.6. The lowest BCUT2D eigenvalue weighted by Gasteiger charge is -2.15. The molecule has 9 heteroatoms. The molecule has 0 spiro atoms. The Hall–Kier alpha value is -4.63. The number of nitrogens with zero attached hydrogens (tertiary/aromatic N) is 4. The Bertz CT molecular complexity index is 1540. The maximum absolute atomic E-state index is 11.0. The van der Waals surface area contributed by atoms with Crippen LogP contribution in [0.5, 0.6) is 11.5 Å². The van der Waals surface area contributed by atoms with E-state index in [1.54, 1.807) is 19.2 Å². The number of thioether (sulfide) groups is 1. The maximum Gasteiger partial charge on any atom is 0.269 e. The monoisotopic (exact) mass is 524 g/mol. The molecule has 0 aliphatic rings. The normalized spacial score (nSPS) is 10.8. The van der Waals surface area contributed by atoms with Crippen molar-refractivity contribution in [3.05, 3.63) is 125 Å². The van der Waals surface area contributed by atoms with E-state index in [4.69, 9.17) is 9.47 Å². The zero-order valence-corrected chi connectivity index (χ0v) is 21.4. The Kier molecular flexibility index (Phi) is 7.65. The number of methoxy groups -OCH3 is 1. The van der Waals surface area contributed by atoms with Gasteiger partial charge in [-0.3, -0.25) is 14.7 Å². The highest BCUT2D eigenvalue weighted by Crippen LogP contribution is 2.33. The minimum absolute atomic E-state index is 0.0613. The summed E-state index contributed by atoms with van der Waals surface area (Å²) in [6.45, 7) is 0.187. The number of nitro groups is 1. The van der Waals surface area contributed by atoms with E-state index in [2.05, 4.69) is 10.2 Å². The molecule has 0 bridgehead atoms. The second-order valence-corrected chi connectivity index (χ2v) is 9.21. The summed E-state index contributed by atoms with van der Waals surface area (Å²) in [7, 11) is 1.62. The Morgan fingerprint density at radius 2 is 1.53 bits per heavy atom. The van der Waals surface area contributed by atoms with Crippen LogP contribution in [-0.4, -0.2) is 26.8 Å². The first-order valence-corrected chi connectivity index (χ1v) is 12.8. The van der Waals surface area contributed by atoms with Crippen molar-refractivity contribution in [3.63, 3.8) is 0 Å². The molecule has 0 saturated carbocycles. The molecule has 4 aromatic carbocycles. The molecule has 38 heavy (non-hydrogen) atoms. The molecular formula is C29H24N4O4S. The van der Waals surface area contributed by atoms with Crippen molar-refractivity contribution in [3.8, 4) is 28.3 Å². The molecule has 8 nitrogen and oxygen atoms in total. The summed E-state index contributed by atoms with van der Waals surface area (Å²) in [6.07, 6.45) is 0. The number of rotatable bonds is 10. The van der Waals surface area contributed by atoms with Crippen molar-refractivity contribution in [1.29, 1.82) is 0 Å². The van der Waals surface area contributed by atoms with E-state index in [1.807, 2.05) is 83.4 Å². The molecule has 0 amide bonds. The Labute approximate surface area is 224 Å². The Balaban J connectivity index is 1.44. The molecule has 0 fully saturated rings. The third-order valence-electron chi connectivity index (χ3n) is 5.87. The number of non-ortho nitro benzene ring substituents is 1. The van der Waals surface area contributed by atoms with Crippen LogP contribution < -0.4 is 9.47 Å².